The summed E-state index contributed by atoms with van der Waals surface area (Å²) < 4.78 is 0. The third kappa shape index (κ3) is 4.99. The van der Waals surface area contributed by atoms with E-state index in [2.05, 4.69) is 35.1 Å². The minimum absolute atomic E-state index is 0.227. The van der Waals surface area contributed by atoms with Crippen LogP contribution in [0.1, 0.15) is 58.8 Å². The van der Waals surface area contributed by atoms with Crippen LogP contribution >= 0.6 is 15.9 Å². The van der Waals surface area contributed by atoms with E-state index in [0.29, 0.717) is 17.8 Å². The third-order valence-electron chi connectivity index (χ3n) is 4.09. The zero-order valence-corrected chi connectivity index (χ0v) is 12.8. The minimum Gasteiger partial charge on any atom is -0.356 e. The van der Waals surface area contributed by atoms with Crippen LogP contribution in [0.25, 0.3) is 0 Å². The molecule has 1 amide bonds. The highest BCUT2D eigenvalue weighted by Crippen LogP contribution is 2.37. The van der Waals surface area contributed by atoms with E-state index in [1.807, 2.05) is 0 Å². The summed E-state index contributed by atoms with van der Waals surface area (Å²) in [7, 11) is 0. The van der Waals surface area contributed by atoms with Crippen LogP contribution in [0.2, 0.25) is 0 Å². The SMILES string of the molecule is CCC(C)CC(=O)NCC1(CBr)CCCCC1. The first-order chi connectivity index (χ1) is 8.12. The Bertz CT molecular complexity index is 236. The fourth-order valence-corrected chi connectivity index (χ4v) is 3.24. The number of halogens is 1. The van der Waals surface area contributed by atoms with E-state index in [0.717, 1.165) is 18.3 Å². The molecule has 1 saturated carbocycles. The standard InChI is InChI=1S/C14H26BrNO/c1-3-12(2)9-13(17)16-11-14(10-15)7-5-4-6-8-14/h12H,3-11H2,1-2H3,(H,16,17). The van der Waals surface area contributed by atoms with Crippen LogP contribution < -0.4 is 5.32 Å². The Balaban J connectivity index is 2.34. The molecule has 1 aliphatic rings. The van der Waals surface area contributed by atoms with Gasteiger partial charge in [0.05, 0.1) is 0 Å². The van der Waals surface area contributed by atoms with Crippen molar-refractivity contribution in [2.45, 2.75) is 58.8 Å². The fraction of sp³-hybridized carbons (Fsp3) is 0.929. The Hall–Kier alpha value is -0.0500. The maximum Gasteiger partial charge on any atom is 0.220 e. The monoisotopic (exact) mass is 303 g/mol. The number of hydrogen-bond acceptors (Lipinski definition) is 1. The Kier molecular flexibility index (Phi) is 6.53. The van der Waals surface area contributed by atoms with Crippen molar-refractivity contribution in [2.24, 2.45) is 11.3 Å². The van der Waals surface area contributed by atoms with Gasteiger partial charge < -0.3 is 5.32 Å². The summed E-state index contributed by atoms with van der Waals surface area (Å²) in [5, 5.41) is 4.16. The van der Waals surface area contributed by atoms with Crippen LogP contribution in [0.5, 0.6) is 0 Å². The summed E-state index contributed by atoms with van der Waals surface area (Å²) in [6, 6.07) is 0. The van der Waals surface area contributed by atoms with Gasteiger partial charge in [0, 0.05) is 18.3 Å². The average Bonchev–Trinajstić information content (AvgIpc) is 2.37. The molecule has 0 bridgehead atoms. The lowest BCUT2D eigenvalue weighted by Crippen LogP contribution is -2.40. The quantitative estimate of drug-likeness (QED) is 0.741. The molecular weight excluding hydrogens is 278 g/mol. The third-order valence-corrected chi connectivity index (χ3v) is 5.28. The molecule has 0 aromatic heterocycles. The van der Waals surface area contributed by atoms with Crippen molar-refractivity contribution >= 4 is 21.8 Å². The first-order valence-corrected chi connectivity index (χ1v) is 8.07. The van der Waals surface area contributed by atoms with Gasteiger partial charge in [-0.05, 0) is 24.2 Å². The number of carbonyl (C=O) groups is 1. The molecule has 1 rings (SSSR count). The lowest BCUT2D eigenvalue weighted by Gasteiger charge is -2.36. The van der Waals surface area contributed by atoms with Crippen molar-refractivity contribution in [1.29, 1.82) is 0 Å². The first kappa shape index (κ1) is 15.0. The topological polar surface area (TPSA) is 29.1 Å². The molecule has 1 unspecified atom stereocenters. The summed E-state index contributed by atoms with van der Waals surface area (Å²) in [5.41, 5.74) is 0.323. The molecule has 1 N–H and O–H groups in total. The smallest absolute Gasteiger partial charge is 0.220 e. The van der Waals surface area contributed by atoms with Crippen molar-refractivity contribution in [1.82, 2.24) is 5.32 Å². The zero-order chi connectivity index (χ0) is 12.7. The van der Waals surface area contributed by atoms with Gasteiger partial charge in [-0.2, -0.15) is 0 Å². The second-order valence-electron chi connectivity index (χ2n) is 5.69. The predicted octanol–water partition coefficient (Wildman–Crippen LogP) is 3.88. The van der Waals surface area contributed by atoms with Crippen LogP contribution in [0.3, 0.4) is 0 Å². The van der Waals surface area contributed by atoms with Gasteiger partial charge in [0.2, 0.25) is 5.91 Å². The maximum absolute atomic E-state index is 11.8. The molecule has 1 fully saturated rings. The molecule has 100 valence electrons. The Morgan fingerprint density at radius 3 is 2.53 bits per heavy atom. The summed E-state index contributed by atoms with van der Waals surface area (Å²) in [4.78, 5) is 11.8. The van der Waals surface area contributed by atoms with Gasteiger partial charge in [-0.1, -0.05) is 55.5 Å². The number of carbonyl (C=O) groups excluding carboxylic acids is 1. The van der Waals surface area contributed by atoms with E-state index in [1.54, 1.807) is 0 Å². The van der Waals surface area contributed by atoms with E-state index in [9.17, 15) is 4.79 Å². The normalized spacial score (nSPS) is 20.9. The molecule has 0 radical (unpaired) electrons. The van der Waals surface area contributed by atoms with Gasteiger partial charge in [0.15, 0.2) is 0 Å². The molecular formula is C14H26BrNO. The van der Waals surface area contributed by atoms with Gasteiger partial charge in [-0.15, -0.1) is 0 Å². The van der Waals surface area contributed by atoms with Crippen LogP contribution in [-0.4, -0.2) is 17.8 Å². The largest absolute Gasteiger partial charge is 0.356 e. The first-order valence-electron chi connectivity index (χ1n) is 6.94. The number of rotatable bonds is 6. The summed E-state index contributed by atoms with van der Waals surface area (Å²) in [6.45, 7) is 5.13. The van der Waals surface area contributed by atoms with Crippen molar-refractivity contribution in [2.75, 3.05) is 11.9 Å². The van der Waals surface area contributed by atoms with E-state index in [4.69, 9.17) is 0 Å². The number of amides is 1. The molecule has 0 aromatic carbocycles. The molecule has 2 nitrogen and oxygen atoms in total. The summed E-state index contributed by atoms with van der Waals surface area (Å²) in [5.74, 6) is 0.728. The van der Waals surface area contributed by atoms with Crippen molar-refractivity contribution in [3.63, 3.8) is 0 Å². The van der Waals surface area contributed by atoms with Gasteiger partial charge in [-0.25, -0.2) is 0 Å². The van der Waals surface area contributed by atoms with E-state index >= 15 is 0 Å². The van der Waals surface area contributed by atoms with Crippen LogP contribution in [-0.2, 0) is 4.79 Å². The Morgan fingerprint density at radius 2 is 2.00 bits per heavy atom. The molecule has 17 heavy (non-hydrogen) atoms. The summed E-state index contributed by atoms with van der Waals surface area (Å²) in [6.07, 6.45) is 8.24. The molecule has 3 heteroatoms. The second-order valence-corrected chi connectivity index (χ2v) is 6.25. The highest BCUT2D eigenvalue weighted by Gasteiger charge is 2.31. The van der Waals surface area contributed by atoms with Gasteiger partial charge in [-0.3, -0.25) is 4.79 Å². The summed E-state index contributed by atoms with van der Waals surface area (Å²) >= 11 is 3.63. The minimum atomic E-state index is 0.227. The zero-order valence-electron chi connectivity index (χ0n) is 11.2. The average molecular weight is 304 g/mol. The molecule has 0 aromatic rings. The van der Waals surface area contributed by atoms with Gasteiger partial charge >= 0.3 is 0 Å². The highest BCUT2D eigenvalue weighted by atomic mass is 79.9. The van der Waals surface area contributed by atoms with Gasteiger partial charge in [0.25, 0.3) is 0 Å². The lowest BCUT2D eigenvalue weighted by molar-refractivity contribution is -0.122. The molecule has 1 atom stereocenters. The van der Waals surface area contributed by atoms with E-state index < -0.39 is 0 Å². The maximum atomic E-state index is 11.8. The lowest BCUT2D eigenvalue weighted by atomic mass is 9.75. The predicted molar refractivity (Wildman–Crippen MR) is 76.4 cm³/mol. The number of nitrogens with one attached hydrogen (secondary N) is 1. The molecule has 0 saturated heterocycles. The second kappa shape index (κ2) is 7.40. The van der Waals surface area contributed by atoms with Crippen LogP contribution in [0.4, 0.5) is 0 Å². The molecule has 0 spiro atoms. The van der Waals surface area contributed by atoms with E-state index in [1.165, 1.54) is 32.1 Å². The van der Waals surface area contributed by atoms with E-state index in [-0.39, 0.29) is 5.91 Å². The number of hydrogen-bond donors (Lipinski definition) is 1. The molecule has 0 heterocycles. The van der Waals surface area contributed by atoms with Crippen molar-refractivity contribution in [3.8, 4) is 0 Å². The fourth-order valence-electron chi connectivity index (χ4n) is 2.48. The molecule has 0 aliphatic heterocycles. The van der Waals surface area contributed by atoms with Crippen molar-refractivity contribution in [3.05, 3.63) is 0 Å². The molecule has 1 aliphatic carbocycles. The Labute approximate surface area is 114 Å². The number of alkyl halides is 1. The van der Waals surface area contributed by atoms with Gasteiger partial charge in [0.1, 0.15) is 0 Å². The Morgan fingerprint density at radius 1 is 1.35 bits per heavy atom. The highest BCUT2D eigenvalue weighted by molar-refractivity contribution is 9.09. The van der Waals surface area contributed by atoms with Crippen molar-refractivity contribution < 1.29 is 4.79 Å². The van der Waals surface area contributed by atoms with Crippen LogP contribution in [0, 0.1) is 11.3 Å². The van der Waals surface area contributed by atoms with Crippen LogP contribution in [0.15, 0.2) is 0 Å².